The van der Waals surface area contributed by atoms with Crippen molar-refractivity contribution in [2.24, 2.45) is 5.92 Å². The van der Waals surface area contributed by atoms with Crippen LogP contribution in [-0.4, -0.2) is 42.2 Å². The lowest BCUT2D eigenvalue weighted by atomic mass is 9.99. The van der Waals surface area contributed by atoms with Crippen LogP contribution in [-0.2, 0) is 6.54 Å². The Kier molecular flexibility index (Phi) is 5.61. The van der Waals surface area contributed by atoms with Gasteiger partial charge in [-0.1, -0.05) is 6.92 Å². The lowest BCUT2D eigenvalue weighted by Gasteiger charge is -2.30. The van der Waals surface area contributed by atoms with Crippen LogP contribution in [0.15, 0.2) is 16.5 Å². The van der Waals surface area contributed by atoms with Crippen LogP contribution in [0.5, 0.6) is 0 Å². The van der Waals surface area contributed by atoms with Gasteiger partial charge in [0.15, 0.2) is 0 Å². The van der Waals surface area contributed by atoms with E-state index in [4.69, 9.17) is 9.52 Å². The highest BCUT2D eigenvalue weighted by molar-refractivity contribution is 5.84. The summed E-state index contributed by atoms with van der Waals surface area (Å²) in [6, 6.07) is 3.21. The van der Waals surface area contributed by atoms with Crippen LogP contribution in [0.3, 0.4) is 0 Å². The Labute approximate surface area is 119 Å². The van der Waals surface area contributed by atoms with E-state index in [0.717, 1.165) is 25.4 Å². The molecule has 0 radical (unpaired) electrons. The van der Waals surface area contributed by atoms with Crippen molar-refractivity contribution < 1.29 is 14.3 Å². The second kappa shape index (κ2) is 7.45. The molecule has 0 saturated carbocycles. The standard InChI is InChI=1S/C15H24N2O3/c1-12-5-9-17(10-6-12)8-2-7-16-11-13-3-4-14(20-13)15(18)19/h3-4,12,16H,2,5-11H2,1H3,(H,18,19). The molecule has 1 aromatic heterocycles. The van der Waals surface area contributed by atoms with Crippen LogP contribution in [0.2, 0.25) is 0 Å². The van der Waals surface area contributed by atoms with E-state index in [1.54, 1.807) is 6.07 Å². The first-order valence-corrected chi connectivity index (χ1v) is 7.40. The van der Waals surface area contributed by atoms with Gasteiger partial charge in [-0.2, -0.15) is 0 Å². The number of hydrogen-bond donors (Lipinski definition) is 2. The Hall–Kier alpha value is -1.33. The molecule has 0 unspecified atom stereocenters. The van der Waals surface area contributed by atoms with Gasteiger partial charge in [0.1, 0.15) is 5.76 Å². The summed E-state index contributed by atoms with van der Waals surface area (Å²) >= 11 is 0. The van der Waals surface area contributed by atoms with E-state index in [2.05, 4.69) is 17.1 Å². The van der Waals surface area contributed by atoms with Crippen molar-refractivity contribution in [3.05, 3.63) is 23.7 Å². The molecule has 5 heteroatoms. The van der Waals surface area contributed by atoms with Crippen molar-refractivity contribution in [3.8, 4) is 0 Å². The fraction of sp³-hybridized carbons (Fsp3) is 0.667. The number of nitrogens with zero attached hydrogens (tertiary/aromatic N) is 1. The lowest BCUT2D eigenvalue weighted by Crippen LogP contribution is -2.34. The van der Waals surface area contributed by atoms with Gasteiger partial charge in [0.05, 0.1) is 6.54 Å². The molecular weight excluding hydrogens is 256 g/mol. The van der Waals surface area contributed by atoms with Gasteiger partial charge < -0.3 is 19.7 Å². The van der Waals surface area contributed by atoms with Crippen LogP contribution in [0.4, 0.5) is 0 Å². The van der Waals surface area contributed by atoms with Gasteiger partial charge in [-0.25, -0.2) is 4.79 Å². The average molecular weight is 280 g/mol. The minimum atomic E-state index is -1.02. The summed E-state index contributed by atoms with van der Waals surface area (Å²) in [5.74, 6) is 0.542. The zero-order chi connectivity index (χ0) is 14.4. The predicted molar refractivity (Wildman–Crippen MR) is 76.8 cm³/mol. The second-order valence-electron chi connectivity index (χ2n) is 5.63. The van der Waals surface area contributed by atoms with Crippen LogP contribution in [0, 0.1) is 5.92 Å². The first-order valence-electron chi connectivity index (χ1n) is 7.40. The topological polar surface area (TPSA) is 65.7 Å². The van der Waals surface area contributed by atoms with Gasteiger partial charge >= 0.3 is 5.97 Å². The number of aromatic carboxylic acids is 1. The molecule has 1 aliphatic heterocycles. The molecule has 1 saturated heterocycles. The van der Waals surface area contributed by atoms with Gasteiger partial charge in [0.2, 0.25) is 5.76 Å². The van der Waals surface area contributed by atoms with Gasteiger partial charge in [0.25, 0.3) is 0 Å². The molecule has 0 aliphatic carbocycles. The number of furan rings is 1. The van der Waals surface area contributed by atoms with Crippen molar-refractivity contribution in [2.45, 2.75) is 32.7 Å². The Balaban J connectivity index is 1.56. The highest BCUT2D eigenvalue weighted by Gasteiger charge is 2.14. The Morgan fingerprint density at radius 1 is 1.45 bits per heavy atom. The van der Waals surface area contributed by atoms with E-state index in [9.17, 15) is 4.79 Å². The maximum Gasteiger partial charge on any atom is 0.371 e. The molecule has 0 atom stereocenters. The fourth-order valence-electron chi connectivity index (χ4n) is 2.51. The van der Waals surface area contributed by atoms with Crippen LogP contribution in [0.25, 0.3) is 0 Å². The summed E-state index contributed by atoms with van der Waals surface area (Å²) < 4.78 is 5.18. The zero-order valence-electron chi connectivity index (χ0n) is 12.1. The third-order valence-corrected chi connectivity index (χ3v) is 3.88. The third-order valence-electron chi connectivity index (χ3n) is 3.88. The first-order chi connectivity index (χ1) is 9.65. The molecule has 0 bridgehead atoms. The molecular formula is C15H24N2O3. The highest BCUT2D eigenvalue weighted by atomic mass is 16.4. The molecule has 5 nitrogen and oxygen atoms in total. The minimum Gasteiger partial charge on any atom is -0.475 e. The van der Waals surface area contributed by atoms with E-state index < -0.39 is 5.97 Å². The zero-order valence-corrected chi connectivity index (χ0v) is 12.1. The maximum absolute atomic E-state index is 10.7. The molecule has 2 N–H and O–H groups in total. The summed E-state index contributed by atoms with van der Waals surface area (Å²) in [5.41, 5.74) is 0. The molecule has 2 heterocycles. The molecule has 20 heavy (non-hydrogen) atoms. The molecule has 1 fully saturated rings. The minimum absolute atomic E-state index is 0.00392. The third kappa shape index (κ3) is 4.65. The maximum atomic E-state index is 10.7. The van der Waals surface area contributed by atoms with Gasteiger partial charge in [-0.15, -0.1) is 0 Å². The van der Waals surface area contributed by atoms with E-state index in [1.165, 1.54) is 32.0 Å². The van der Waals surface area contributed by atoms with Crippen molar-refractivity contribution in [2.75, 3.05) is 26.2 Å². The number of rotatable bonds is 7. The average Bonchev–Trinajstić information content (AvgIpc) is 2.89. The highest BCUT2D eigenvalue weighted by Crippen LogP contribution is 2.15. The second-order valence-corrected chi connectivity index (χ2v) is 5.63. The number of carbonyl (C=O) groups is 1. The molecule has 2 rings (SSSR count). The number of likely N-dealkylation sites (tertiary alicyclic amines) is 1. The van der Waals surface area contributed by atoms with E-state index in [-0.39, 0.29) is 5.76 Å². The van der Waals surface area contributed by atoms with Crippen molar-refractivity contribution >= 4 is 5.97 Å². The van der Waals surface area contributed by atoms with Crippen LogP contribution in [0.1, 0.15) is 42.5 Å². The van der Waals surface area contributed by atoms with Crippen molar-refractivity contribution in [1.29, 1.82) is 0 Å². The number of carboxylic acid groups (broad SMARTS) is 1. The van der Waals surface area contributed by atoms with Crippen LogP contribution >= 0.6 is 0 Å². The summed E-state index contributed by atoms with van der Waals surface area (Å²) in [6.45, 7) is 7.42. The summed E-state index contributed by atoms with van der Waals surface area (Å²) in [7, 11) is 0. The molecule has 1 aliphatic rings. The SMILES string of the molecule is CC1CCN(CCCNCc2ccc(C(=O)O)o2)CC1. The molecule has 112 valence electrons. The number of carboxylic acids is 1. The summed E-state index contributed by atoms with van der Waals surface area (Å²) in [5, 5.41) is 12.0. The Morgan fingerprint density at radius 2 is 2.20 bits per heavy atom. The van der Waals surface area contributed by atoms with E-state index in [1.807, 2.05) is 0 Å². The van der Waals surface area contributed by atoms with Gasteiger partial charge in [-0.3, -0.25) is 0 Å². The van der Waals surface area contributed by atoms with Crippen molar-refractivity contribution in [1.82, 2.24) is 10.2 Å². The van der Waals surface area contributed by atoms with Crippen LogP contribution < -0.4 is 5.32 Å². The smallest absolute Gasteiger partial charge is 0.371 e. The Morgan fingerprint density at radius 3 is 2.85 bits per heavy atom. The summed E-state index contributed by atoms with van der Waals surface area (Å²) in [4.78, 5) is 13.2. The number of nitrogens with one attached hydrogen (secondary N) is 1. The fourth-order valence-corrected chi connectivity index (χ4v) is 2.51. The monoisotopic (exact) mass is 280 g/mol. The van der Waals surface area contributed by atoms with E-state index >= 15 is 0 Å². The quantitative estimate of drug-likeness (QED) is 0.749. The molecule has 0 aromatic carbocycles. The normalized spacial score (nSPS) is 17.4. The number of piperidine rings is 1. The molecule has 1 aromatic rings. The molecule has 0 amide bonds. The lowest BCUT2D eigenvalue weighted by molar-refractivity contribution is 0.0660. The van der Waals surface area contributed by atoms with Crippen molar-refractivity contribution in [3.63, 3.8) is 0 Å². The predicted octanol–water partition coefficient (Wildman–Crippen LogP) is 2.19. The van der Waals surface area contributed by atoms with Gasteiger partial charge in [-0.05, 0) is 63.5 Å². The molecule has 0 spiro atoms. The first kappa shape index (κ1) is 15.1. The van der Waals surface area contributed by atoms with E-state index in [0.29, 0.717) is 12.3 Å². The largest absolute Gasteiger partial charge is 0.475 e. The van der Waals surface area contributed by atoms with Gasteiger partial charge in [0, 0.05) is 0 Å². The number of hydrogen-bond acceptors (Lipinski definition) is 4. The summed E-state index contributed by atoms with van der Waals surface area (Å²) in [6.07, 6.45) is 3.75. The Bertz CT molecular complexity index is 423.